The molecule has 0 heterocycles. The summed E-state index contributed by atoms with van der Waals surface area (Å²) in [7, 11) is 0. The van der Waals surface area contributed by atoms with E-state index in [1.165, 1.54) is 18.4 Å². The summed E-state index contributed by atoms with van der Waals surface area (Å²) in [5, 5.41) is 11.1. The number of hydrogen-bond donors (Lipinski definition) is 1. The molecule has 5 rings (SSSR count). The van der Waals surface area contributed by atoms with Crippen molar-refractivity contribution in [2.75, 3.05) is 0 Å². The van der Waals surface area contributed by atoms with Crippen LogP contribution in [0.4, 0.5) is 0 Å². The molecule has 0 aromatic heterocycles. The molecule has 0 spiro atoms. The van der Waals surface area contributed by atoms with Gasteiger partial charge in [0.25, 0.3) is 0 Å². The summed E-state index contributed by atoms with van der Waals surface area (Å²) in [6.45, 7) is 16.3. The van der Waals surface area contributed by atoms with Crippen molar-refractivity contribution in [2.24, 2.45) is 56.7 Å². The first-order chi connectivity index (χ1) is 15.3. The zero-order valence-corrected chi connectivity index (χ0v) is 22.1. The Morgan fingerprint density at radius 3 is 2.30 bits per heavy atom. The van der Waals surface area contributed by atoms with Crippen molar-refractivity contribution in [3.63, 3.8) is 0 Å². The number of Topliss-reactive ketones (excluding diaryl/α,β-unsaturated/α-hetero) is 1. The van der Waals surface area contributed by atoms with Crippen LogP contribution in [0.1, 0.15) is 106 Å². The van der Waals surface area contributed by atoms with Gasteiger partial charge in [0.1, 0.15) is 5.78 Å². The van der Waals surface area contributed by atoms with Crippen LogP contribution in [0.3, 0.4) is 0 Å². The van der Waals surface area contributed by atoms with Gasteiger partial charge in [0.2, 0.25) is 0 Å². The van der Waals surface area contributed by atoms with E-state index >= 15 is 0 Å². The van der Waals surface area contributed by atoms with E-state index in [1.54, 1.807) is 0 Å². The van der Waals surface area contributed by atoms with Crippen molar-refractivity contribution in [1.29, 1.82) is 0 Å². The number of aliphatic carboxylic acids is 1. The number of carbonyl (C=O) groups is 2. The summed E-state index contributed by atoms with van der Waals surface area (Å²) in [6, 6.07) is 0. The molecule has 33 heavy (non-hydrogen) atoms. The number of carboxylic acids is 1. The van der Waals surface area contributed by atoms with Crippen LogP contribution in [0, 0.1) is 56.7 Å². The number of ketones is 1. The van der Waals surface area contributed by atoms with Crippen LogP contribution in [0.2, 0.25) is 0 Å². The first-order valence-corrected chi connectivity index (χ1v) is 13.7. The van der Waals surface area contributed by atoms with E-state index in [9.17, 15) is 14.7 Å². The number of hydrogen-bond acceptors (Lipinski definition) is 2. The van der Waals surface area contributed by atoms with Gasteiger partial charge in [-0.05, 0) is 97.2 Å². The van der Waals surface area contributed by atoms with Gasteiger partial charge in [-0.2, -0.15) is 0 Å². The van der Waals surface area contributed by atoms with Crippen molar-refractivity contribution >= 4 is 11.8 Å². The second-order valence-electron chi connectivity index (χ2n) is 14.3. The molecule has 5 aliphatic rings. The van der Waals surface area contributed by atoms with Crippen molar-refractivity contribution < 1.29 is 14.7 Å². The van der Waals surface area contributed by atoms with Gasteiger partial charge in [0.05, 0.1) is 5.41 Å². The first-order valence-electron chi connectivity index (χ1n) is 13.7. The lowest BCUT2D eigenvalue weighted by Crippen LogP contribution is -2.66. The quantitative estimate of drug-likeness (QED) is 0.423. The van der Waals surface area contributed by atoms with Gasteiger partial charge in [0.15, 0.2) is 0 Å². The van der Waals surface area contributed by atoms with E-state index in [-0.39, 0.29) is 21.7 Å². The average molecular weight is 455 g/mol. The molecular weight excluding hydrogens is 408 g/mol. The monoisotopic (exact) mass is 454 g/mol. The highest BCUT2D eigenvalue weighted by Gasteiger charge is 2.71. The molecule has 9 atom stereocenters. The second kappa shape index (κ2) is 6.97. The summed E-state index contributed by atoms with van der Waals surface area (Å²) in [5.41, 5.74) is 0.279. The van der Waals surface area contributed by atoms with Gasteiger partial charge in [-0.15, -0.1) is 0 Å². The van der Waals surface area contributed by atoms with Gasteiger partial charge in [-0.25, -0.2) is 0 Å². The van der Waals surface area contributed by atoms with Gasteiger partial charge < -0.3 is 5.11 Å². The lowest BCUT2D eigenvalue weighted by molar-refractivity contribution is -0.201. The smallest absolute Gasteiger partial charge is 0.314 e. The topological polar surface area (TPSA) is 54.4 Å². The van der Waals surface area contributed by atoms with Gasteiger partial charge in [0, 0.05) is 11.8 Å². The molecule has 184 valence electrons. The van der Waals surface area contributed by atoms with E-state index in [0.29, 0.717) is 41.8 Å². The molecule has 4 fully saturated rings. The molecular formula is C30H46O3. The van der Waals surface area contributed by atoms with Crippen LogP contribution >= 0.6 is 0 Å². The molecule has 0 saturated heterocycles. The highest BCUT2D eigenvalue weighted by Crippen LogP contribution is 2.75. The van der Waals surface area contributed by atoms with E-state index in [1.807, 2.05) is 0 Å². The Balaban J connectivity index is 1.66. The summed E-state index contributed by atoms with van der Waals surface area (Å²) in [6.07, 6.45) is 11.2. The maximum atomic E-state index is 13.5. The number of rotatable bonds is 1. The predicted molar refractivity (Wildman–Crippen MR) is 132 cm³/mol. The van der Waals surface area contributed by atoms with Crippen molar-refractivity contribution in [2.45, 2.75) is 106 Å². The number of carboxylic acid groups (broad SMARTS) is 1. The Hall–Kier alpha value is -1.12. The summed E-state index contributed by atoms with van der Waals surface area (Å²) < 4.78 is 0. The Morgan fingerprint density at radius 2 is 1.64 bits per heavy atom. The van der Waals surface area contributed by atoms with Gasteiger partial charge in [-0.3, -0.25) is 9.59 Å². The van der Waals surface area contributed by atoms with Crippen LogP contribution in [-0.2, 0) is 9.59 Å². The molecule has 4 saturated carbocycles. The fraction of sp³-hybridized carbons (Fsp3) is 0.867. The largest absolute Gasteiger partial charge is 0.481 e. The number of carbonyl (C=O) groups excluding carboxylic acids is 1. The Labute approximate surface area is 201 Å². The zero-order valence-electron chi connectivity index (χ0n) is 22.1. The Morgan fingerprint density at radius 1 is 0.939 bits per heavy atom. The van der Waals surface area contributed by atoms with Gasteiger partial charge >= 0.3 is 5.97 Å². The van der Waals surface area contributed by atoms with Crippen molar-refractivity contribution in [3.05, 3.63) is 11.6 Å². The fourth-order valence-electron chi connectivity index (χ4n) is 10.8. The van der Waals surface area contributed by atoms with Crippen LogP contribution in [0.5, 0.6) is 0 Å². The molecule has 0 unspecified atom stereocenters. The molecule has 0 radical (unpaired) electrons. The number of fused-ring (bicyclic) bond motifs is 7. The van der Waals surface area contributed by atoms with Crippen molar-refractivity contribution in [3.8, 4) is 0 Å². The Kier molecular flexibility index (Phi) is 4.99. The standard InChI is InChI=1S/C30H46O3/c1-18-10-13-27(5)16-17-30(25(32)33)20(24(27)19(18)2)8-9-22-28(6)14-12-23(31)26(3,4)21(28)11-15-29(22,30)7/h8,18-19,21-22,24H,9-17H2,1-7H3,(H,32,33)/t18-,19+,21+,22-,24+,27-,28+,29-,30-/m1/s1. The van der Waals surface area contributed by atoms with E-state index < -0.39 is 11.4 Å². The summed E-state index contributed by atoms with van der Waals surface area (Å²) in [4.78, 5) is 26.4. The SMILES string of the molecule is C[C@H]1[C@H](C)CC[C@]2(C)CC[C@]3(C(=O)O)C(=CC[C@@H]4[C@@]5(C)CCC(=O)C(C)(C)[C@@H]5CC[C@]43C)[C@H]12. The lowest BCUT2D eigenvalue weighted by Gasteiger charge is -2.70. The van der Waals surface area contributed by atoms with Gasteiger partial charge in [-0.1, -0.05) is 60.1 Å². The third-order valence-corrected chi connectivity index (χ3v) is 13.0. The maximum Gasteiger partial charge on any atom is 0.314 e. The van der Waals surface area contributed by atoms with E-state index in [4.69, 9.17) is 0 Å². The number of allylic oxidation sites excluding steroid dienone is 1. The minimum Gasteiger partial charge on any atom is -0.481 e. The average Bonchev–Trinajstić information content (AvgIpc) is 2.73. The highest BCUT2D eigenvalue weighted by atomic mass is 16.4. The van der Waals surface area contributed by atoms with E-state index in [0.717, 1.165) is 38.5 Å². The maximum absolute atomic E-state index is 13.5. The fourth-order valence-corrected chi connectivity index (χ4v) is 10.8. The normalized spacial score (nSPS) is 53.1. The molecule has 0 bridgehead atoms. The minimum atomic E-state index is -0.745. The third kappa shape index (κ3) is 2.69. The zero-order chi connectivity index (χ0) is 24.2. The first kappa shape index (κ1) is 23.6. The molecule has 3 heteroatoms. The highest BCUT2D eigenvalue weighted by molar-refractivity contribution is 5.86. The third-order valence-electron chi connectivity index (χ3n) is 13.0. The molecule has 0 aromatic carbocycles. The molecule has 0 aromatic rings. The molecule has 3 nitrogen and oxygen atoms in total. The minimum absolute atomic E-state index is 0.0289. The summed E-state index contributed by atoms with van der Waals surface area (Å²) in [5.74, 6) is 2.10. The predicted octanol–water partition coefficient (Wildman–Crippen LogP) is 7.30. The van der Waals surface area contributed by atoms with Crippen LogP contribution in [-0.4, -0.2) is 16.9 Å². The molecule has 0 aliphatic heterocycles. The van der Waals surface area contributed by atoms with Crippen LogP contribution in [0.15, 0.2) is 11.6 Å². The second-order valence-corrected chi connectivity index (χ2v) is 14.3. The molecule has 0 amide bonds. The van der Waals surface area contributed by atoms with Crippen molar-refractivity contribution in [1.82, 2.24) is 0 Å². The lowest BCUT2D eigenvalue weighted by atomic mass is 9.33. The molecule has 5 aliphatic carbocycles. The molecule has 1 N–H and O–H groups in total. The Bertz CT molecular complexity index is 916. The van der Waals surface area contributed by atoms with Crippen LogP contribution in [0.25, 0.3) is 0 Å². The summed E-state index contributed by atoms with van der Waals surface area (Å²) >= 11 is 0. The van der Waals surface area contributed by atoms with E-state index in [2.05, 4.69) is 54.5 Å². The van der Waals surface area contributed by atoms with Crippen LogP contribution < -0.4 is 0 Å².